The molecule has 0 spiro atoms. The molecule has 1 aromatic rings. The van der Waals surface area contributed by atoms with Crippen LogP contribution in [-0.2, 0) is 0 Å². The van der Waals surface area contributed by atoms with E-state index < -0.39 is 0 Å². The van der Waals surface area contributed by atoms with Crippen LogP contribution in [0.1, 0.15) is 31.7 Å². The van der Waals surface area contributed by atoms with Crippen molar-refractivity contribution in [2.45, 2.75) is 26.2 Å². The number of amidine groups is 1. The van der Waals surface area contributed by atoms with Gasteiger partial charge in [-0.25, -0.2) is 4.99 Å². The highest BCUT2D eigenvalue weighted by Gasteiger charge is 2.20. The summed E-state index contributed by atoms with van der Waals surface area (Å²) in [5.41, 5.74) is 10.4. The highest BCUT2D eigenvalue weighted by Crippen LogP contribution is 2.30. The molecule has 0 amide bonds. The molecule has 0 bridgehead atoms. The van der Waals surface area contributed by atoms with E-state index in [-0.39, 0.29) is 0 Å². The van der Waals surface area contributed by atoms with Gasteiger partial charge in [0, 0.05) is 23.2 Å². The summed E-state index contributed by atoms with van der Waals surface area (Å²) in [4.78, 5) is 7.07. The van der Waals surface area contributed by atoms with Crippen molar-refractivity contribution in [3.8, 4) is 0 Å². The SMILES string of the molecule is CCCCC1=C(c2ccc(N)cc2)CN2C=CC=CC2=N1. The van der Waals surface area contributed by atoms with Gasteiger partial charge in [0.05, 0.1) is 6.54 Å². The van der Waals surface area contributed by atoms with Gasteiger partial charge in [0.1, 0.15) is 5.84 Å². The van der Waals surface area contributed by atoms with Gasteiger partial charge in [0.2, 0.25) is 0 Å². The second kappa shape index (κ2) is 6.00. The van der Waals surface area contributed by atoms with E-state index in [0.29, 0.717) is 0 Å². The molecule has 1 aromatic carbocycles. The molecule has 2 heterocycles. The molecule has 21 heavy (non-hydrogen) atoms. The van der Waals surface area contributed by atoms with Crippen molar-refractivity contribution in [2.24, 2.45) is 4.99 Å². The van der Waals surface area contributed by atoms with Crippen molar-refractivity contribution in [2.75, 3.05) is 12.3 Å². The number of unbranched alkanes of at least 4 members (excludes halogenated alkanes) is 1. The largest absolute Gasteiger partial charge is 0.399 e. The van der Waals surface area contributed by atoms with Gasteiger partial charge in [0.25, 0.3) is 0 Å². The van der Waals surface area contributed by atoms with Crippen LogP contribution in [0.2, 0.25) is 0 Å². The number of allylic oxidation sites excluding steroid dienone is 3. The number of nitrogens with two attached hydrogens (primary N) is 1. The number of hydrogen-bond acceptors (Lipinski definition) is 3. The summed E-state index contributed by atoms with van der Waals surface area (Å²) in [5.74, 6) is 1.04. The lowest BCUT2D eigenvalue weighted by Crippen LogP contribution is -2.31. The lowest BCUT2D eigenvalue weighted by molar-refractivity contribution is 0.612. The van der Waals surface area contributed by atoms with Crippen LogP contribution in [0, 0.1) is 0 Å². The third-order valence-electron chi connectivity index (χ3n) is 3.87. The Morgan fingerprint density at radius 3 is 2.76 bits per heavy atom. The van der Waals surface area contributed by atoms with Crippen LogP contribution in [0.3, 0.4) is 0 Å². The third kappa shape index (κ3) is 2.92. The molecule has 0 radical (unpaired) electrons. The molecule has 0 atom stereocenters. The highest BCUT2D eigenvalue weighted by atomic mass is 15.2. The van der Waals surface area contributed by atoms with Crippen molar-refractivity contribution in [3.05, 3.63) is 60.0 Å². The molecule has 0 fully saturated rings. The number of benzene rings is 1. The summed E-state index contributed by atoms with van der Waals surface area (Å²) in [5, 5.41) is 0. The van der Waals surface area contributed by atoms with Gasteiger partial charge < -0.3 is 10.6 Å². The topological polar surface area (TPSA) is 41.6 Å². The second-order valence-corrected chi connectivity index (χ2v) is 5.45. The van der Waals surface area contributed by atoms with Crippen molar-refractivity contribution in [1.82, 2.24) is 4.90 Å². The molecule has 0 saturated carbocycles. The number of aliphatic imine (C=N–C) groups is 1. The highest BCUT2D eigenvalue weighted by molar-refractivity contribution is 5.99. The van der Waals surface area contributed by atoms with Crippen molar-refractivity contribution < 1.29 is 0 Å². The van der Waals surface area contributed by atoms with E-state index >= 15 is 0 Å². The van der Waals surface area contributed by atoms with Gasteiger partial charge >= 0.3 is 0 Å². The van der Waals surface area contributed by atoms with E-state index in [1.165, 1.54) is 29.7 Å². The Hall–Kier alpha value is -2.29. The zero-order valence-electron chi connectivity index (χ0n) is 12.4. The first-order chi connectivity index (χ1) is 10.3. The maximum absolute atomic E-state index is 5.80. The fourth-order valence-electron chi connectivity index (χ4n) is 2.66. The number of rotatable bonds is 4. The number of nitrogen functional groups attached to an aromatic ring is 1. The first-order valence-corrected chi connectivity index (χ1v) is 7.56. The van der Waals surface area contributed by atoms with Gasteiger partial charge in [-0.1, -0.05) is 31.6 Å². The molecular weight excluding hydrogens is 258 g/mol. The van der Waals surface area contributed by atoms with Gasteiger partial charge in [-0.3, -0.25) is 0 Å². The molecule has 2 N–H and O–H groups in total. The van der Waals surface area contributed by atoms with Crippen LogP contribution in [0.4, 0.5) is 5.69 Å². The normalized spacial score (nSPS) is 17.0. The summed E-state index contributed by atoms with van der Waals surface area (Å²) in [6.45, 7) is 3.09. The smallest absolute Gasteiger partial charge is 0.133 e. The molecule has 0 unspecified atom stereocenters. The van der Waals surface area contributed by atoms with E-state index in [1.54, 1.807) is 0 Å². The molecule has 2 aliphatic rings. The average molecular weight is 279 g/mol. The summed E-state index contributed by atoms with van der Waals surface area (Å²) < 4.78 is 0. The van der Waals surface area contributed by atoms with Crippen LogP contribution < -0.4 is 5.73 Å². The summed E-state index contributed by atoms with van der Waals surface area (Å²) in [6.07, 6.45) is 11.6. The molecule has 0 aromatic heterocycles. The van der Waals surface area contributed by atoms with E-state index in [1.807, 2.05) is 18.2 Å². The van der Waals surface area contributed by atoms with E-state index in [0.717, 1.165) is 24.5 Å². The maximum atomic E-state index is 5.80. The molecule has 108 valence electrons. The molecule has 3 rings (SSSR count). The van der Waals surface area contributed by atoms with Crippen LogP contribution in [0.15, 0.2) is 59.4 Å². The molecule has 3 heteroatoms. The standard InChI is InChI=1S/C18H21N3/c1-2-3-6-17-16(14-8-10-15(19)11-9-14)13-21-12-5-4-7-18(21)20-17/h4-5,7-12H,2-3,6,13,19H2,1H3. The second-order valence-electron chi connectivity index (χ2n) is 5.45. The Labute approximate surface area is 126 Å². The fraction of sp³-hybridized carbons (Fsp3) is 0.278. The summed E-state index contributed by atoms with van der Waals surface area (Å²) in [6, 6.07) is 8.12. The Morgan fingerprint density at radius 2 is 2.00 bits per heavy atom. The molecular formula is C18H21N3. The number of fused-ring (bicyclic) bond motifs is 1. The first-order valence-electron chi connectivity index (χ1n) is 7.56. The first kappa shape index (κ1) is 13.7. The van der Waals surface area contributed by atoms with E-state index in [2.05, 4.69) is 42.3 Å². The quantitative estimate of drug-likeness (QED) is 0.847. The number of anilines is 1. The zero-order chi connectivity index (χ0) is 14.7. The predicted molar refractivity (Wildman–Crippen MR) is 89.7 cm³/mol. The molecule has 2 aliphatic heterocycles. The minimum Gasteiger partial charge on any atom is -0.399 e. The van der Waals surface area contributed by atoms with E-state index in [4.69, 9.17) is 10.7 Å². The molecule has 0 aliphatic carbocycles. The van der Waals surface area contributed by atoms with Crippen LogP contribution in [-0.4, -0.2) is 17.3 Å². The molecule has 3 nitrogen and oxygen atoms in total. The summed E-state index contributed by atoms with van der Waals surface area (Å²) >= 11 is 0. The van der Waals surface area contributed by atoms with Crippen LogP contribution >= 0.6 is 0 Å². The van der Waals surface area contributed by atoms with Gasteiger partial charge in [0.15, 0.2) is 0 Å². The number of nitrogens with zero attached hydrogens (tertiary/aromatic N) is 2. The third-order valence-corrected chi connectivity index (χ3v) is 3.87. The van der Waals surface area contributed by atoms with Crippen LogP contribution in [0.25, 0.3) is 5.57 Å². The lowest BCUT2D eigenvalue weighted by atomic mass is 9.98. The maximum Gasteiger partial charge on any atom is 0.133 e. The Balaban J connectivity index is 2.00. The van der Waals surface area contributed by atoms with Crippen molar-refractivity contribution in [1.29, 1.82) is 0 Å². The minimum atomic E-state index is 0.801. The Kier molecular flexibility index (Phi) is 3.91. The van der Waals surface area contributed by atoms with Crippen molar-refractivity contribution >= 4 is 17.1 Å². The predicted octanol–water partition coefficient (Wildman–Crippen LogP) is 3.97. The minimum absolute atomic E-state index is 0.801. The lowest BCUT2D eigenvalue weighted by Gasteiger charge is -2.29. The Morgan fingerprint density at radius 1 is 1.19 bits per heavy atom. The monoisotopic (exact) mass is 279 g/mol. The van der Waals surface area contributed by atoms with Gasteiger partial charge in [-0.05, 0) is 42.7 Å². The van der Waals surface area contributed by atoms with Crippen LogP contribution in [0.5, 0.6) is 0 Å². The fourth-order valence-corrected chi connectivity index (χ4v) is 2.66. The van der Waals surface area contributed by atoms with E-state index in [9.17, 15) is 0 Å². The van der Waals surface area contributed by atoms with Crippen molar-refractivity contribution in [3.63, 3.8) is 0 Å². The Bertz CT molecular complexity index is 633. The zero-order valence-corrected chi connectivity index (χ0v) is 12.4. The average Bonchev–Trinajstić information content (AvgIpc) is 2.53. The van der Waals surface area contributed by atoms with Gasteiger partial charge in [-0.2, -0.15) is 0 Å². The number of hydrogen-bond donors (Lipinski definition) is 1. The summed E-state index contributed by atoms with van der Waals surface area (Å²) in [7, 11) is 0. The van der Waals surface area contributed by atoms with Gasteiger partial charge in [-0.15, -0.1) is 0 Å². The molecule has 0 saturated heterocycles.